The van der Waals surface area contributed by atoms with E-state index in [9.17, 15) is 4.79 Å². The Morgan fingerprint density at radius 1 is 1.06 bits per heavy atom. The monoisotopic (exact) mass is 536 g/mol. The second kappa shape index (κ2) is 11.2. The number of benzene rings is 2. The summed E-state index contributed by atoms with van der Waals surface area (Å²) in [5.74, 6) is -0.509. The Morgan fingerprint density at radius 2 is 1.68 bits per heavy atom. The molecule has 6 nitrogen and oxygen atoms in total. The molecule has 1 heterocycles. The average Bonchev–Trinajstić information content (AvgIpc) is 3.15. The Morgan fingerprint density at radius 3 is 2.21 bits per heavy atom. The first kappa shape index (κ1) is 26.7. The quantitative estimate of drug-likeness (QED) is 0.222. The highest BCUT2D eigenvalue weighted by Crippen LogP contribution is 2.35. The summed E-state index contributed by atoms with van der Waals surface area (Å²) in [6.07, 6.45) is -0.252. The SMILES string of the molecule is COC(=O)c1nn(-c2ccc(Cl)cc2Cl)c(-c2ccc(C(C)(C)C(O[SiH2]C)O[SiH2]C)cc2)c1C. The first-order valence-electron chi connectivity index (χ1n) is 11.1. The van der Waals surface area contributed by atoms with Crippen molar-refractivity contribution in [3.8, 4) is 16.9 Å². The fourth-order valence-corrected chi connectivity index (χ4v) is 6.23. The summed E-state index contributed by atoms with van der Waals surface area (Å²) in [6, 6.07) is 13.3. The van der Waals surface area contributed by atoms with E-state index in [1.54, 1.807) is 22.9 Å². The molecule has 0 saturated carbocycles. The van der Waals surface area contributed by atoms with Crippen LogP contribution in [0.4, 0.5) is 0 Å². The van der Waals surface area contributed by atoms with Crippen LogP contribution in [0, 0.1) is 6.92 Å². The van der Waals surface area contributed by atoms with E-state index in [4.69, 9.17) is 36.8 Å². The van der Waals surface area contributed by atoms with E-state index >= 15 is 0 Å². The number of esters is 1. The molecule has 1 aromatic heterocycles. The largest absolute Gasteiger partial charge is 0.464 e. The Hall–Kier alpha value is -1.95. The Balaban J connectivity index is 2.12. The summed E-state index contributed by atoms with van der Waals surface area (Å²) in [5.41, 5.74) is 3.98. The number of rotatable bonds is 9. The number of methoxy groups -OCH3 is 1. The summed E-state index contributed by atoms with van der Waals surface area (Å²) in [4.78, 5) is 12.4. The van der Waals surface area contributed by atoms with Gasteiger partial charge in [-0.25, -0.2) is 9.48 Å². The van der Waals surface area contributed by atoms with Crippen LogP contribution in [0.3, 0.4) is 0 Å². The van der Waals surface area contributed by atoms with Crippen molar-refractivity contribution >= 4 is 48.7 Å². The summed E-state index contributed by atoms with van der Waals surface area (Å²) in [5, 5.41) is 5.49. The van der Waals surface area contributed by atoms with Gasteiger partial charge in [0.15, 0.2) is 25.2 Å². The highest BCUT2D eigenvalue weighted by Gasteiger charge is 2.32. The van der Waals surface area contributed by atoms with Gasteiger partial charge < -0.3 is 13.6 Å². The van der Waals surface area contributed by atoms with E-state index in [0.29, 0.717) is 21.3 Å². The van der Waals surface area contributed by atoms with Crippen LogP contribution in [0.5, 0.6) is 0 Å². The zero-order chi connectivity index (χ0) is 25.0. The van der Waals surface area contributed by atoms with Gasteiger partial charge in [0.05, 0.1) is 23.5 Å². The number of hydrogen-bond donors (Lipinski definition) is 0. The molecule has 0 aliphatic rings. The lowest BCUT2D eigenvalue weighted by atomic mass is 9.83. The van der Waals surface area contributed by atoms with E-state index in [2.05, 4.69) is 44.2 Å². The maximum atomic E-state index is 12.4. The first-order chi connectivity index (χ1) is 16.1. The number of nitrogens with zero attached hydrogens (tertiary/aromatic N) is 2. The van der Waals surface area contributed by atoms with Crippen molar-refractivity contribution in [1.82, 2.24) is 9.78 Å². The standard InChI is InChI=1S/C24H30Cl2N2O4Si2/c1-14-20(22(29)30-4)27-28(19-12-11-17(25)13-18(19)26)21(14)15-7-9-16(10-8-15)24(2,3)23(31-33-5)32-34-6/h7-13,23H,33-34H2,1-6H3. The van der Waals surface area contributed by atoms with Gasteiger partial charge in [0.1, 0.15) is 6.29 Å². The maximum absolute atomic E-state index is 12.4. The zero-order valence-electron chi connectivity index (χ0n) is 20.3. The van der Waals surface area contributed by atoms with Crippen LogP contribution in [0.25, 0.3) is 16.9 Å². The molecule has 0 unspecified atom stereocenters. The number of ether oxygens (including phenoxy) is 1. The Kier molecular flexibility index (Phi) is 8.78. The van der Waals surface area contributed by atoms with Crippen LogP contribution < -0.4 is 0 Å². The van der Waals surface area contributed by atoms with Gasteiger partial charge >= 0.3 is 5.97 Å². The van der Waals surface area contributed by atoms with Gasteiger partial charge in [-0.15, -0.1) is 0 Å². The van der Waals surface area contributed by atoms with E-state index < -0.39 is 25.5 Å². The zero-order valence-corrected chi connectivity index (χ0v) is 24.7. The third kappa shape index (κ3) is 5.32. The second-order valence-electron chi connectivity index (χ2n) is 8.36. The Bertz CT molecular complexity index is 1160. The number of carbonyl (C=O) groups is 1. The normalized spacial score (nSPS) is 13.3. The van der Waals surface area contributed by atoms with Crippen molar-refractivity contribution in [2.24, 2.45) is 0 Å². The molecule has 0 aliphatic heterocycles. The fraction of sp³-hybridized carbons (Fsp3) is 0.333. The molecule has 0 radical (unpaired) electrons. The third-order valence-electron chi connectivity index (χ3n) is 5.77. The lowest BCUT2D eigenvalue weighted by Gasteiger charge is -2.35. The van der Waals surface area contributed by atoms with Gasteiger partial charge in [-0.1, -0.05) is 74.4 Å². The van der Waals surface area contributed by atoms with Crippen molar-refractivity contribution in [2.45, 2.75) is 45.6 Å². The summed E-state index contributed by atoms with van der Waals surface area (Å²) in [6.45, 7) is 10.3. The predicted octanol–water partition coefficient (Wildman–Crippen LogP) is 4.84. The first-order valence-corrected chi connectivity index (χ1v) is 15.9. The maximum Gasteiger partial charge on any atom is 0.358 e. The molecule has 0 amide bonds. The predicted molar refractivity (Wildman–Crippen MR) is 143 cm³/mol. The lowest BCUT2D eigenvalue weighted by Crippen LogP contribution is -2.39. The fourth-order valence-electron chi connectivity index (χ4n) is 3.91. The molecule has 3 aromatic rings. The Labute approximate surface area is 215 Å². The van der Waals surface area contributed by atoms with E-state index in [-0.39, 0.29) is 17.4 Å². The number of hydrogen-bond acceptors (Lipinski definition) is 5. The van der Waals surface area contributed by atoms with E-state index in [0.717, 1.165) is 16.8 Å². The van der Waals surface area contributed by atoms with Gasteiger partial charge in [0.25, 0.3) is 0 Å². The lowest BCUT2D eigenvalue weighted by molar-refractivity contribution is -0.0433. The molecule has 0 atom stereocenters. The molecule has 34 heavy (non-hydrogen) atoms. The number of carbonyl (C=O) groups excluding carboxylic acids is 1. The van der Waals surface area contributed by atoms with Crippen LogP contribution in [-0.4, -0.2) is 48.7 Å². The van der Waals surface area contributed by atoms with Gasteiger partial charge in [-0.3, -0.25) is 0 Å². The molecule has 0 fully saturated rings. The minimum atomic E-state index is -0.623. The highest BCUT2D eigenvalue weighted by atomic mass is 35.5. The molecule has 0 spiro atoms. The molecular formula is C24H30Cl2N2O4Si2. The van der Waals surface area contributed by atoms with Crippen LogP contribution in [-0.2, 0) is 19.0 Å². The van der Waals surface area contributed by atoms with Gasteiger partial charge in [-0.05, 0) is 30.7 Å². The minimum absolute atomic E-state index is 0.232. The molecule has 0 bridgehead atoms. The smallest absolute Gasteiger partial charge is 0.358 e. The van der Waals surface area contributed by atoms with Crippen LogP contribution in [0.1, 0.15) is 35.5 Å². The summed E-state index contributed by atoms with van der Waals surface area (Å²) in [7, 11) is 0.0927. The van der Waals surface area contributed by atoms with Gasteiger partial charge in [-0.2, -0.15) is 5.10 Å². The molecule has 0 N–H and O–H groups in total. The van der Waals surface area contributed by atoms with Gasteiger partial charge in [0, 0.05) is 21.6 Å². The molecular weight excluding hydrogens is 507 g/mol. The average molecular weight is 538 g/mol. The molecule has 10 heteroatoms. The number of aromatic nitrogens is 2. The van der Waals surface area contributed by atoms with Crippen molar-refractivity contribution in [1.29, 1.82) is 0 Å². The van der Waals surface area contributed by atoms with Crippen molar-refractivity contribution in [3.05, 3.63) is 69.3 Å². The van der Waals surface area contributed by atoms with Crippen molar-refractivity contribution in [2.75, 3.05) is 7.11 Å². The molecule has 182 valence electrons. The van der Waals surface area contributed by atoms with Crippen molar-refractivity contribution in [3.63, 3.8) is 0 Å². The third-order valence-corrected chi connectivity index (χ3v) is 7.58. The number of halogens is 2. The molecule has 0 saturated heterocycles. The van der Waals surface area contributed by atoms with Crippen molar-refractivity contribution < 1.29 is 18.4 Å². The van der Waals surface area contributed by atoms with Gasteiger partial charge in [0.2, 0.25) is 0 Å². The summed E-state index contributed by atoms with van der Waals surface area (Å²) >= 11 is 12.6. The van der Waals surface area contributed by atoms with E-state index in [1.165, 1.54) is 7.11 Å². The second-order valence-corrected chi connectivity index (χ2v) is 11.0. The van der Waals surface area contributed by atoms with E-state index in [1.807, 2.05) is 19.1 Å². The van der Waals surface area contributed by atoms with Crippen LogP contribution >= 0.6 is 23.2 Å². The molecule has 3 rings (SSSR count). The molecule has 0 aliphatic carbocycles. The van der Waals surface area contributed by atoms with Crippen LogP contribution in [0.15, 0.2) is 42.5 Å². The topological polar surface area (TPSA) is 62.6 Å². The summed E-state index contributed by atoms with van der Waals surface area (Å²) < 4.78 is 18.7. The molecule has 2 aromatic carbocycles. The van der Waals surface area contributed by atoms with Crippen LogP contribution in [0.2, 0.25) is 23.1 Å². The minimum Gasteiger partial charge on any atom is -0.464 e. The highest BCUT2D eigenvalue weighted by molar-refractivity contribution is 6.35.